The van der Waals surface area contributed by atoms with Gasteiger partial charge in [-0.2, -0.15) is 0 Å². The normalized spacial score (nSPS) is 12.4. The molecule has 0 aliphatic carbocycles. The molecule has 1 atom stereocenters. The summed E-state index contributed by atoms with van der Waals surface area (Å²) in [6, 6.07) is 0. The van der Waals surface area contributed by atoms with Crippen molar-refractivity contribution in [2.45, 2.75) is 335 Å². The smallest absolute Gasteiger partial charge is 0.306 e. The minimum atomic E-state index is -0.791. The maximum absolute atomic E-state index is 12.9. The average molecular weight is 1020 g/mol. The quantitative estimate of drug-likeness (QED) is 0.0261. The van der Waals surface area contributed by atoms with Gasteiger partial charge in [0.05, 0.1) is 0 Å². The summed E-state index contributed by atoms with van der Waals surface area (Å²) < 4.78 is 16.9. The Balaban J connectivity index is 4.36. The van der Waals surface area contributed by atoms with Gasteiger partial charge >= 0.3 is 17.9 Å². The number of carbonyl (C=O) groups is 3. The van der Waals surface area contributed by atoms with Crippen LogP contribution in [0.25, 0.3) is 0 Å². The fourth-order valence-electron chi connectivity index (χ4n) is 9.25. The van der Waals surface area contributed by atoms with Crippen molar-refractivity contribution in [1.29, 1.82) is 0 Å². The van der Waals surface area contributed by atoms with Crippen LogP contribution in [0.5, 0.6) is 0 Å². The van der Waals surface area contributed by atoms with Crippen LogP contribution in [-0.2, 0) is 28.6 Å². The summed E-state index contributed by atoms with van der Waals surface area (Å²) in [5, 5.41) is 0. The second-order valence-electron chi connectivity index (χ2n) is 21.3. The molecule has 0 bridgehead atoms. The largest absolute Gasteiger partial charge is 0.462 e. The molecule has 0 saturated heterocycles. The number of hydrogen-bond acceptors (Lipinski definition) is 6. The standard InChI is InChI=1S/C67H120O6/c1-4-7-10-13-16-19-22-25-28-30-32-33-35-36-39-42-45-48-51-54-57-60-66(69)72-63-64(62-71-65(68)59-56-53-50-47-44-41-38-27-24-21-18-15-12-9-6-3)73-67(70)61-58-55-52-49-46-43-40-37-34-31-29-26-23-20-17-14-11-8-5-2/h9,12,18,21,26-27,29,38,44,47,64H,4-8,10-11,13-17,19-20,22-25,28,30-37,39-43,45-46,48-63H2,1-3H3/b12-9-,21-18-,29-26-,38-27-,47-44-. The van der Waals surface area contributed by atoms with Gasteiger partial charge in [-0.3, -0.25) is 14.4 Å². The monoisotopic (exact) mass is 1020 g/mol. The van der Waals surface area contributed by atoms with Gasteiger partial charge in [-0.05, 0) is 83.5 Å². The molecule has 0 N–H and O–H groups in total. The van der Waals surface area contributed by atoms with Crippen LogP contribution in [0.1, 0.15) is 329 Å². The lowest BCUT2D eigenvalue weighted by atomic mass is 10.0. The van der Waals surface area contributed by atoms with Gasteiger partial charge in [-0.15, -0.1) is 0 Å². The highest BCUT2D eigenvalue weighted by Gasteiger charge is 2.19. The average Bonchev–Trinajstić information content (AvgIpc) is 3.39. The van der Waals surface area contributed by atoms with E-state index in [1.165, 1.54) is 205 Å². The van der Waals surface area contributed by atoms with E-state index in [2.05, 4.69) is 81.5 Å². The molecule has 0 rings (SSSR count). The third kappa shape index (κ3) is 59.9. The molecule has 6 heteroatoms. The highest BCUT2D eigenvalue weighted by Crippen LogP contribution is 2.17. The number of hydrogen-bond donors (Lipinski definition) is 0. The van der Waals surface area contributed by atoms with Crippen molar-refractivity contribution in [2.24, 2.45) is 0 Å². The molecular formula is C67H120O6. The predicted octanol–water partition coefficient (Wildman–Crippen LogP) is 21.6. The molecule has 6 nitrogen and oxygen atoms in total. The SMILES string of the molecule is CC/C=C\C/C=C\C/C=C\C/C=C\CCCCC(=O)OCC(COC(=O)CCCCCCCCCCCCCCCCCCCCCCC)OC(=O)CCCCCCCCCCC/C=C\CCCCCCCC. The Bertz CT molecular complexity index is 1310. The van der Waals surface area contributed by atoms with E-state index in [0.29, 0.717) is 19.3 Å². The summed E-state index contributed by atoms with van der Waals surface area (Å²) in [6.07, 6.45) is 78.0. The number of esters is 3. The van der Waals surface area contributed by atoms with Crippen LogP contribution in [-0.4, -0.2) is 37.2 Å². The highest BCUT2D eigenvalue weighted by molar-refractivity contribution is 5.71. The second kappa shape index (κ2) is 61.7. The Hall–Kier alpha value is -2.89. The van der Waals surface area contributed by atoms with Crippen LogP contribution in [0.4, 0.5) is 0 Å². The summed E-state index contributed by atoms with van der Waals surface area (Å²) >= 11 is 0. The van der Waals surface area contributed by atoms with Crippen LogP contribution < -0.4 is 0 Å². The molecule has 0 aromatic carbocycles. The molecule has 0 aromatic rings. The molecule has 0 aliphatic heterocycles. The van der Waals surface area contributed by atoms with E-state index in [1.807, 2.05) is 0 Å². The molecule has 0 spiro atoms. The first kappa shape index (κ1) is 70.1. The maximum atomic E-state index is 12.9. The first-order valence-electron chi connectivity index (χ1n) is 31.8. The topological polar surface area (TPSA) is 78.9 Å². The van der Waals surface area contributed by atoms with E-state index in [0.717, 1.165) is 83.5 Å². The van der Waals surface area contributed by atoms with E-state index in [-0.39, 0.29) is 31.1 Å². The molecule has 0 aliphatic rings. The van der Waals surface area contributed by atoms with Crippen molar-refractivity contribution in [3.63, 3.8) is 0 Å². The lowest BCUT2D eigenvalue weighted by Gasteiger charge is -2.18. The Morgan fingerprint density at radius 1 is 0.288 bits per heavy atom. The lowest BCUT2D eigenvalue weighted by Crippen LogP contribution is -2.30. The zero-order valence-electron chi connectivity index (χ0n) is 48.7. The van der Waals surface area contributed by atoms with Crippen LogP contribution in [0.15, 0.2) is 60.8 Å². The zero-order chi connectivity index (χ0) is 52.9. The molecule has 0 heterocycles. The van der Waals surface area contributed by atoms with Gasteiger partial charge in [-0.25, -0.2) is 0 Å². The van der Waals surface area contributed by atoms with Crippen molar-refractivity contribution < 1.29 is 28.6 Å². The summed E-state index contributed by atoms with van der Waals surface area (Å²) in [7, 11) is 0. The molecule has 424 valence electrons. The Labute approximate surface area is 453 Å². The van der Waals surface area contributed by atoms with Gasteiger partial charge in [0.25, 0.3) is 0 Å². The third-order valence-corrected chi connectivity index (χ3v) is 14.0. The Kier molecular flexibility index (Phi) is 59.2. The van der Waals surface area contributed by atoms with Crippen molar-refractivity contribution in [1.82, 2.24) is 0 Å². The first-order valence-corrected chi connectivity index (χ1v) is 31.8. The van der Waals surface area contributed by atoms with Crippen LogP contribution in [0, 0.1) is 0 Å². The maximum Gasteiger partial charge on any atom is 0.306 e. The van der Waals surface area contributed by atoms with E-state index in [1.54, 1.807) is 0 Å². The number of ether oxygens (including phenoxy) is 3. The number of allylic oxidation sites excluding steroid dienone is 10. The van der Waals surface area contributed by atoms with E-state index in [9.17, 15) is 14.4 Å². The van der Waals surface area contributed by atoms with Gasteiger partial charge in [-0.1, -0.05) is 287 Å². The van der Waals surface area contributed by atoms with Gasteiger partial charge in [0, 0.05) is 19.3 Å². The highest BCUT2D eigenvalue weighted by atomic mass is 16.6. The molecule has 0 saturated carbocycles. The molecule has 0 radical (unpaired) electrons. The fraction of sp³-hybridized carbons (Fsp3) is 0.806. The predicted molar refractivity (Wildman–Crippen MR) is 316 cm³/mol. The molecule has 1 unspecified atom stereocenters. The summed E-state index contributed by atoms with van der Waals surface area (Å²) in [4.78, 5) is 38.3. The van der Waals surface area contributed by atoms with Crippen molar-refractivity contribution >= 4 is 17.9 Å². The third-order valence-electron chi connectivity index (χ3n) is 14.0. The van der Waals surface area contributed by atoms with Crippen molar-refractivity contribution in [2.75, 3.05) is 13.2 Å². The summed E-state index contributed by atoms with van der Waals surface area (Å²) in [6.45, 7) is 6.53. The van der Waals surface area contributed by atoms with Gasteiger partial charge in [0.1, 0.15) is 13.2 Å². The van der Waals surface area contributed by atoms with Gasteiger partial charge in [0.15, 0.2) is 6.10 Å². The molecular weight excluding hydrogens is 901 g/mol. The number of rotatable bonds is 58. The second-order valence-corrected chi connectivity index (χ2v) is 21.3. The molecule has 0 amide bonds. The molecule has 0 fully saturated rings. The minimum absolute atomic E-state index is 0.0849. The number of unbranched alkanes of at least 4 members (excludes halogenated alkanes) is 37. The van der Waals surface area contributed by atoms with Crippen molar-refractivity contribution in [3.8, 4) is 0 Å². The van der Waals surface area contributed by atoms with Crippen molar-refractivity contribution in [3.05, 3.63) is 60.8 Å². The van der Waals surface area contributed by atoms with Crippen LogP contribution >= 0.6 is 0 Å². The van der Waals surface area contributed by atoms with Gasteiger partial charge in [0.2, 0.25) is 0 Å². The van der Waals surface area contributed by atoms with E-state index >= 15 is 0 Å². The Morgan fingerprint density at radius 3 is 0.877 bits per heavy atom. The molecule has 73 heavy (non-hydrogen) atoms. The van der Waals surface area contributed by atoms with E-state index < -0.39 is 6.10 Å². The van der Waals surface area contributed by atoms with Crippen LogP contribution in [0.2, 0.25) is 0 Å². The van der Waals surface area contributed by atoms with Crippen LogP contribution in [0.3, 0.4) is 0 Å². The van der Waals surface area contributed by atoms with E-state index in [4.69, 9.17) is 14.2 Å². The fourth-order valence-corrected chi connectivity index (χ4v) is 9.25. The summed E-state index contributed by atoms with van der Waals surface area (Å²) in [5.41, 5.74) is 0. The Morgan fingerprint density at radius 2 is 0.534 bits per heavy atom. The summed E-state index contributed by atoms with van der Waals surface area (Å²) in [5.74, 6) is -0.912. The molecule has 0 aromatic heterocycles. The number of carbonyl (C=O) groups excluding carboxylic acids is 3. The first-order chi connectivity index (χ1) is 36.0. The minimum Gasteiger partial charge on any atom is -0.462 e. The van der Waals surface area contributed by atoms with Gasteiger partial charge < -0.3 is 14.2 Å². The lowest BCUT2D eigenvalue weighted by molar-refractivity contribution is -0.167. The zero-order valence-corrected chi connectivity index (χ0v) is 48.7.